The van der Waals surface area contributed by atoms with Crippen LogP contribution in [-0.4, -0.2) is 36.7 Å². The Morgan fingerprint density at radius 2 is 2.21 bits per heavy atom. The molecular weight excluding hydrogens is 322 g/mol. The minimum atomic E-state index is -0.0342. The van der Waals surface area contributed by atoms with Crippen molar-refractivity contribution in [2.24, 2.45) is 0 Å². The van der Waals surface area contributed by atoms with Crippen molar-refractivity contribution in [1.29, 1.82) is 0 Å². The van der Waals surface area contributed by atoms with Crippen molar-refractivity contribution in [1.82, 2.24) is 10.3 Å². The molecule has 1 unspecified atom stereocenters. The maximum Gasteiger partial charge on any atom is 0.227 e. The molecule has 0 bridgehead atoms. The fraction of sp³-hybridized carbons (Fsp3) is 0.333. The minimum Gasteiger partial charge on any atom is -0.375 e. The summed E-state index contributed by atoms with van der Waals surface area (Å²) in [7, 11) is 0. The minimum absolute atomic E-state index is 0.0144. The molecule has 1 aromatic carbocycles. The number of morpholine rings is 1. The number of thioether (sulfide) groups is 1. The lowest BCUT2D eigenvalue weighted by molar-refractivity contribution is -0.119. The Hall–Kier alpha value is -1.89. The summed E-state index contributed by atoms with van der Waals surface area (Å²) in [4.78, 5) is 17.3. The zero-order valence-electron chi connectivity index (χ0n) is 13.4. The highest BCUT2D eigenvalue weighted by Gasteiger charge is 2.17. The number of hydrogen-bond acceptors (Lipinski definition) is 5. The van der Waals surface area contributed by atoms with E-state index in [4.69, 9.17) is 4.74 Å². The summed E-state index contributed by atoms with van der Waals surface area (Å²) in [5, 5.41) is 6.15. The molecule has 1 aliphatic heterocycles. The monoisotopic (exact) mass is 343 g/mol. The van der Waals surface area contributed by atoms with Crippen LogP contribution in [0, 0.1) is 0 Å². The lowest BCUT2D eigenvalue weighted by Crippen LogP contribution is -2.40. The zero-order chi connectivity index (χ0) is 16.6. The molecule has 0 spiro atoms. The highest BCUT2D eigenvalue weighted by atomic mass is 32.2. The van der Waals surface area contributed by atoms with Crippen LogP contribution >= 0.6 is 11.8 Å². The van der Waals surface area contributed by atoms with Gasteiger partial charge in [-0.3, -0.25) is 9.78 Å². The first-order valence-electron chi connectivity index (χ1n) is 8.03. The Balaban J connectivity index is 1.46. The van der Waals surface area contributed by atoms with Crippen LogP contribution < -0.4 is 10.6 Å². The molecule has 3 rings (SSSR count). The summed E-state index contributed by atoms with van der Waals surface area (Å²) in [6.07, 6.45) is 4.00. The van der Waals surface area contributed by atoms with E-state index in [2.05, 4.69) is 21.7 Å². The number of nitrogens with zero attached hydrogens (tertiary/aromatic N) is 1. The molecule has 1 fully saturated rings. The average molecular weight is 343 g/mol. The smallest absolute Gasteiger partial charge is 0.227 e. The molecule has 2 N–H and O–H groups in total. The molecule has 1 aliphatic rings. The second-order valence-corrected chi connectivity index (χ2v) is 6.67. The molecule has 1 aromatic heterocycles. The summed E-state index contributed by atoms with van der Waals surface area (Å²) in [5.41, 5.74) is 2.01. The molecular formula is C18H21N3O2S. The van der Waals surface area contributed by atoms with E-state index in [9.17, 15) is 4.79 Å². The number of amides is 1. The zero-order valence-corrected chi connectivity index (χ0v) is 14.2. The maximum absolute atomic E-state index is 12.0. The highest BCUT2D eigenvalue weighted by Crippen LogP contribution is 2.24. The van der Waals surface area contributed by atoms with Crippen molar-refractivity contribution in [2.45, 2.75) is 23.2 Å². The molecule has 1 atom stereocenters. The first kappa shape index (κ1) is 17.0. The van der Waals surface area contributed by atoms with Gasteiger partial charge in [-0.1, -0.05) is 6.07 Å². The SMILES string of the molecule is O=C(CC1CNCCO1)Nc1ccc(SCc2cccnc2)cc1. The van der Waals surface area contributed by atoms with Crippen molar-refractivity contribution >= 4 is 23.4 Å². The van der Waals surface area contributed by atoms with Crippen LogP contribution in [0.1, 0.15) is 12.0 Å². The van der Waals surface area contributed by atoms with Crippen molar-refractivity contribution in [2.75, 3.05) is 25.0 Å². The van der Waals surface area contributed by atoms with Gasteiger partial charge in [-0.2, -0.15) is 0 Å². The number of carbonyl (C=O) groups excluding carboxylic acids is 1. The summed E-state index contributed by atoms with van der Waals surface area (Å²) < 4.78 is 5.55. The largest absolute Gasteiger partial charge is 0.375 e. The number of carbonyl (C=O) groups is 1. The van der Waals surface area contributed by atoms with Crippen molar-refractivity contribution < 1.29 is 9.53 Å². The predicted molar refractivity (Wildman–Crippen MR) is 96.1 cm³/mol. The van der Waals surface area contributed by atoms with Crippen LogP contribution in [0.25, 0.3) is 0 Å². The number of benzene rings is 1. The van der Waals surface area contributed by atoms with Crippen LogP contribution in [0.2, 0.25) is 0 Å². The average Bonchev–Trinajstić information content (AvgIpc) is 2.63. The van der Waals surface area contributed by atoms with Gasteiger partial charge in [0.2, 0.25) is 5.91 Å². The number of pyridine rings is 1. The topological polar surface area (TPSA) is 63.2 Å². The van der Waals surface area contributed by atoms with Crippen LogP contribution in [-0.2, 0) is 15.3 Å². The quantitative estimate of drug-likeness (QED) is 0.790. The van der Waals surface area contributed by atoms with Gasteiger partial charge >= 0.3 is 0 Å². The molecule has 2 heterocycles. The van der Waals surface area contributed by atoms with Crippen LogP contribution in [0.15, 0.2) is 53.7 Å². The third kappa shape index (κ3) is 5.33. The lowest BCUT2D eigenvalue weighted by Gasteiger charge is -2.23. The second kappa shape index (κ2) is 8.82. The molecule has 0 aliphatic carbocycles. The highest BCUT2D eigenvalue weighted by molar-refractivity contribution is 7.98. The third-order valence-corrected chi connectivity index (χ3v) is 4.77. The van der Waals surface area contributed by atoms with Gasteiger partial charge in [0.15, 0.2) is 0 Å². The summed E-state index contributed by atoms with van der Waals surface area (Å²) in [6.45, 7) is 2.26. The van der Waals surface area contributed by atoms with E-state index in [0.29, 0.717) is 13.0 Å². The standard InChI is InChI=1S/C18H21N3O2S/c22-18(10-16-12-20-8-9-23-16)21-15-3-5-17(6-4-15)24-13-14-2-1-7-19-11-14/h1-7,11,16,20H,8-10,12-13H2,(H,21,22). The molecule has 24 heavy (non-hydrogen) atoms. The maximum atomic E-state index is 12.0. The predicted octanol–water partition coefficient (Wildman–Crippen LogP) is 2.69. The Bertz CT molecular complexity index is 643. The first-order valence-corrected chi connectivity index (χ1v) is 9.02. The molecule has 1 amide bonds. The first-order chi connectivity index (χ1) is 11.8. The van der Waals surface area contributed by atoms with E-state index >= 15 is 0 Å². The van der Waals surface area contributed by atoms with Crippen molar-refractivity contribution in [3.05, 3.63) is 54.4 Å². The molecule has 0 saturated carbocycles. The van der Waals surface area contributed by atoms with E-state index in [-0.39, 0.29) is 12.0 Å². The number of hydrogen-bond donors (Lipinski definition) is 2. The second-order valence-electron chi connectivity index (χ2n) is 5.62. The summed E-state index contributed by atoms with van der Waals surface area (Å²) in [6, 6.07) is 11.9. The number of ether oxygens (including phenoxy) is 1. The van der Waals surface area contributed by atoms with Gasteiger partial charge in [0.1, 0.15) is 0 Å². The van der Waals surface area contributed by atoms with E-state index in [0.717, 1.165) is 29.4 Å². The summed E-state index contributed by atoms with van der Waals surface area (Å²) >= 11 is 1.75. The Morgan fingerprint density at radius 3 is 2.92 bits per heavy atom. The van der Waals surface area contributed by atoms with Crippen LogP contribution in [0.4, 0.5) is 5.69 Å². The molecule has 5 nitrogen and oxygen atoms in total. The number of rotatable bonds is 6. The van der Waals surface area contributed by atoms with Gasteiger partial charge in [-0.25, -0.2) is 0 Å². The van der Waals surface area contributed by atoms with Crippen LogP contribution in [0.3, 0.4) is 0 Å². The van der Waals surface area contributed by atoms with Crippen molar-refractivity contribution in [3.8, 4) is 0 Å². The van der Waals surface area contributed by atoms with Gasteiger partial charge in [-0.15, -0.1) is 11.8 Å². The van der Waals surface area contributed by atoms with E-state index in [1.807, 2.05) is 36.5 Å². The summed E-state index contributed by atoms with van der Waals surface area (Å²) in [5.74, 6) is 0.866. The van der Waals surface area contributed by atoms with Gasteiger partial charge < -0.3 is 15.4 Å². The lowest BCUT2D eigenvalue weighted by atomic mass is 10.2. The fourth-order valence-electron chi connectivity index (χ4n) is 2.45. The van der Waals surface area contributed by atoms with Gasteiger partial charge in [-0.05, 0) is 35.9 Å². The van der Waals surface area contributed by atoms with Crippen molar-refractivity contribution in [3.63, 3.8) is 0 Å². The van der Waals surface area contributed by atoms with Gasteiger partial charge in [0.05, 0.1) is 19.1 Å². The van der Waals surface area contributed by atoms with Gasteiger partial charge in [0.25, 0.3) is 0 Å². The third-order valence-electron chi connectivity index (χ3n) is 3.68. The van der Waals surface area contributed by atoms with Crippen LogP contribution in [0.5, 0.6) is 0 Å². The van der Waals surface area contributed by atoms with E-state index < -0.39 is 0 Å². The van der Waals surface area contributed by atoms with E-state index in [1.54, 1.807) is 18.0 Å². The molecule has 6 heteroatoms. The Labute approximate surface area is 146 Å². The van der Waals surface area contributed by atoms with E-state index in [1.165, 1.54) is 5.56 Å². The fourth-order valence-corrected chi connectivity index (χ4v) is 3.29. The molecule has 126 valence electrons. The number of aromatic nitrogens is 1. The molecule has 1 saturated heterocycles. The molecule has 2 aromatic rings. The number of anilines is 1. The Morgan fingerprint density at radius 1 is 1.33 bits per heavy atom. The Kier molecular flexibility index (Phi) is 6.23. The number of nitrogens with one attached hydrogen (secondary N) is 2. The normalized spacial score (nSPS) is 17.4. The van der Waals surface area contributed by atoms with Gasteiger partial charge in [0, 0.05) is 41.8 Å². The molecule has 0 radical (unpaired) electrons.